The molecule has 0 aliphatic rings. The molecule has 0 saturated carbocycles. The van der Waals surface area contributed by atoms with E-state index in [1.165, 1.54) is 67.1 Å². The van der Waals surface area contributed by atoms with Gasteiger partial charge in [0, 0.05) is 12.4 Å². The summed E-state index contributed by atoms with van der Waals surface area (Å²) in [7, 11) is 0. The molecule has 0 bridgehead atoms. The molecule has 4 aromatic carbocycles. The fourth-order valence-electron chi connectivity index (χ4n) is 4.26. The quantitative estimate of drug-likeness (QED) is 0.140. The topological polar surface area (TPSA) is 25.8 Å². The molecule has 0 aliphatic heterocycles. The van der Waals surface area contributed by atoms with Gasteiger partial charge in [-0.15, -0.1) is 81.8 Å². The Morgan fingerprint density at radius 2 is 0.974 bits per heavy atom. The summed E-state index contributed by atoms with van der Waals surface area (Å²) in [5, 5.41) is 5.23. The van der Waals surface area contributed by atoms with Crippen LogP contribution in [0.15, 0.2) is 109 Å². The van der Waals surface area contributed by atoms with Crippen molar-refractivity contribution in [2.24, 2.45) is 0 Å². The molecule has 2 heterocycles. The molecule has 38 heavy (non-hydrogen) atoms. The molecule has 6 rings (SSSR count). The summed E-state index contributed by atoms with van der Waals surface area (Å²) in [6.07, 6.45) is 3.67. The molecule has 0 amide bonds. The Kier molecular flexibility index (Phi) is 16.2. The van der Waals surface area contributed by atoms with Crippen molar-refractivity contribution in [2.75, 3.05) is 0 Å². The second-order valence-corrected chi connectivity index (χ2v) is 8.00. The predicted octanol–water partition coefficient (Wildman–Crippen LogP) is 9.22. The van der Waals surface area contributed by atoms with Gasteiger partial charge in [-0.3, -0.25) is 9.97 Å². The minimum atomic E-state index is 0. The van der Waals surface area contributed by atoms with E-state index in [1.807, 2.05) is 36.7 Å². The van der Waals surface area contributed by atoms with Crippen LogP contribution in [0.2, 0.25) is 0 Å². The zero-order valence-corrected chi connectivity index (χ0v) is 27.2. The average Bonchev–Trinajstić information content (AvgIpc) is 3.59. The first-order valence-electron chi connectivity index (χ1n) is 11.1. The Hall–Kier alpha value is -2.36. The minimum absolute atomic E-state index is 0. The molecule has 0 N–H and O–H groups in total. The van der Waals surface area contributed by atoms with E-state index in [9.17, 15) is 0 Å². The molecule has 196 valence electrons. The fourth-order valence-corrected chi connectivity index (χ4v) is 4.26. The van der Waals surface area contributed by atoms with E-state index < -0.39 is 0 Å². The van der Waals surface area contributed by atoms with Crippen LogP contribution in [0.1, 0.15) is 11.1 Å². The summed E-state index contributed by atoms with van der Waals surface area (Å²) in [5.41, 5.74) is 7.15. The van der Waals surface area contributed by atoms with Gasteiger partial charge in [0.15, 0.2) is 0 Å². The van der Waals surface area contributed by atoms with Crippen LogP contribution in [0, 0.1) is 28.7 Å². The van der Waals surface area contributed by atoms with E-state index >= 15 is 0 Å². The normalized spacial score (nSPS) is 9.18. The van der Waals surface area contributed by atoms with Gasteiger partial charge < -0.3 is 14.9 Å². The van der Waals surface area contributed by atoms with Gasteiger partial charge in [0.1, 0.15) is 0 Å². The molecule has 6 aromatic rings. The number of pyridine rings is 2. The second-order valence-electron chi connectivity index (χ2n) is 8.00. The van der Waals surface area contributed by atoms with Gasteiger partial charge in [0.2, 0.25) is 0 Å². The molecule has 0 saturated heterocycles. The number of hydrogen-bond acceptors (Lipinski definition) is 2. The van der Waals surface area contributed by atoms with Gasteiger partial charge in [-0.05, 0) is 35.4 Å². The summed E-state index contributed by atoms with van der Waals surface area (Å²) in [6, 6.07) is 33.5. The summed E-state index contributed by atoms with van der Waals surface area (Å²) >= 11 is 1.36. The van der Waals surface area contributed by atoms with Crippen LogP contribution in [-0.2, 0) is 23.3 Å². The van der Waals surface area contributed by atoms with Gasteiger partial charge >= 0.3 is 30.2 Å². The number of benzene rings is 2. The van der Waals surface area contributed by atoms with Crippen LogP contribution in [0.3, 0.4) is 0 Å². The van der Waals surface area contributed by atoms with Crippen molar-refractivity contribution in [1.29, 1.82) is 0 Å². The molecule has 0 atom stereocenters. The predicted molar refractivity (Wildman–Crippen MR) is 168 cm³/mol. The second kappa shape index (κ2) is 17.3. The van der Waals surface area contributed by atoms with Crippen LogP contribution in [0.25, 0.3) is 44.1 Å². The first kappa shape index (κ1) is 35.6. The van der Waals surface area contributed by atoms with Gasteiger partial charge in [0.05, 0.1) is 11.4 Å². The fraction of sp³-hybridized carbons (Fsp3) is 0.0625. The summed E-state index contributed by atoms with van der Waals surface area (Å²) in [6.45, 7) is 7.35. The number of nitrogens with zero attached hydrogens (tertiary/aromatic N) is 2. The maximum absolute atomic E-state index is 4.41. The molecule has 6 heteroatoms. The van der Waals surface area contributed by atoms with Crippen molar-refractivity contribution >= 4 is 53.2 Å². The molecule has 0 fully saturated rings. The van der Waals surface area contributed by atoms with Crippen molar-refractivity contribution in [3.05, 3.63) is 135 Å². The number of aromatic nitrogens is 2. The van der Waals surface area contributed by atoms with Crippen molar-refractivity contribution < 1.29 is 23.3 Å². The van der Waals surface area contributed by atoms with Gasteiger partial charge in [-0.25, -0.2) is 0 Å². The van der Waals surface area contributed by atoms with Crippen LogP contribution in [0.5, 0.6) is 0 Å². The van der Waals surface area contributed by atoms with Gasteiger partial charge in [0.25, 0.3) is 0 Å². The van der Waals surface area contributed by atoms with Crippen LogP contribution < -0.4 is 0 Å². The monoisotopic (exact) mass is 632 g/mol. The zero-order chi connectivity index (χ0) is 23.9. The Morgan fingerprint density at radius 1 is 0.579 bits per heavy atom. The molecule has 2 nitrogen and oxygen atoms in total. The van der Waals surface area contributed by atoms with E-state index in [-0.39, 0.29) is 39.7 Å². The number of aryl methyl sites for hydroxylation is 2. The van der Waals surface area contributed by atoms with E-state index in [0.29, 0.717) is 0 Å². The van der Waals surface area contributed by atoms with Crippen LogP contribution >= 0.6 is 24.8 Å². The van der Waals surface area contributed by atoms with Crippen LogP contribution in [-0.4, -0.2) is 16.8 Å². The molecule has 0 aliphatic carbocycles. The van der Waals surface area contributed by atoms with E-state index in [2.05, 4.69) is 103 Å². The van der Waals surface area contributed by atoms with Crippen LogP contribution in [0.4, 0.5) is 0 Å². The molecular formula is C32H32Cl2N2SiZr-4. The molecule has 0 unspecified atom stereocenters. The van der Waals surface area contributed by atoms with Crippen molar-refractivity contribution in [3.63, 3.8) is 0 Å². The number of rotatable bonds is 2. The number of hydrogen-bond donors (Lipinski definition) is 0. The average molecular weight is 635 g/mol. The Balaban J connectivity index is 0.000000616. The third-order valence-corrected chi connectivity index (χ3v) is 5.94. The number of fused-ring (bicyclic) bond motifs is 2. The molecule has 2 radical (unpaired) electrons. The van der Waals surface area contributed by atoms with Gasteiger partial charge in [-0.1, -0.05) is 38.1 Å². The van der Waals surface area contributed by atoms with E-state index in [1.54, 1.807) is 0 Å². The Labute approximate surface area is 256 Å². The summed E-state index contributed by atoms with van der Waals surface area (Å²) in [5.74, 6) is 0. The molecule has 0 spiro atoms. The third-order valence-electron chi connectivity index (χ3n) is 5.94. The molecule has 2 aromatic heterocycles. The Bertz CT molecular complexity index is 1400. The van der Waals surface area contributed by atoms with Crippen molar-refractivity contribution in [1.82, 2.24) is 9.97 Å². The molecular weight excluding hydrogens is 603 g/mol. The van der Waals surface area contributed by atoms with E-state index in [0.717, 1.165) is 11.4 Å². The Morgan fingerprint density at radius 3 is 1.32 bits per heavy atom. The zero-order valence-electron chi connectivity index (χ0n) is 22.1. The first-order chi connectivity index (χ1) is 16.7. The van der Waals surface area contributed by atoms with Crippen molar-refractivity contribution in [2.45, 2.75) is 13.8 Å². The summed E-state index contributed by atoms with van der Waals surface area (Å²) < 4.78 is 0. The van der Waals surface area contributed by atoms with E-state index in [4.69, 9.17) is 0 Å². The standard InChI is InChI=1S/2C15H12N.2CH3.2ClH.Si.Zr/c2*1-11-8-9-14(13-6-4-5-12(11)13)15-7-2-3-10-16-15;;;;;;/h2*2-10H,1H3;2*1H3;2*1H;;/q4*-1;;;;. The SMILES string of the molecule is Cc1ccc(-c2ccccn2)c2cc[cH-]c12.Cc1ccc(-c2ccccn2)c2cc[cH-]c12.Cl.Cl.[CH3-].[CH3-].[Si]=[Zr]. The summed E-state index contributed by atoms with van der Waals surface area (Å²) in [4.78, 5) is 8.82. The first-order valence-corrected chi connectivity index (χ1v) is 15.3. The van der Waals surface area contributed by atoms with Crippen molar-refractivity contribution in [3.8, 4) is 22.5 Å². The third kappa shape index (κ3) is 7.83. The number of halogens is 2. The van der Waals surface area contributed by atoms with Gasteiger partial charge in [-0.2, -0.15) is 24.3 Å². The maximum atomic E-state index is 4.41.